The van der Waals surface area contributed by atoms with Crippen molar-refractivity contribution in [1.29, 1.82) is 0 Å². The molecule has 2 rings (SSSR count). The van der Waals surface area contributed by atoms with E-state index in [1.54, 1.807) is 24.3 Å². The van der Waals surface area contributed by atoms with Crippen LogP contribution in [0.5, 0.6) is 5.75 Å². The summed E-state index contributed by atoms with van der Waals surface area (Å²) in [6, 6.07) is 6.30. The Morgan fingerprint density at radius 1 is 1.33 bits per heavy atom. The van der Waals surface area contributed by atoms with Crippen molar-refractivity contribution in [2.75, 3.05) is 18.5 Å². The maximum Gasteiger partial charge on any atom is 0.340 e. The number of benzene rings is 1. The summed E-state index contributed by atoms with van der Waals surface area (Å²) < 4.78 is 30.8. The highest BCUT2D eigenvalue weighted by atomic mass is 32.2. The van der Waals surface area contributed by atoms with Gasteiger partial charge in [0.2, 0.25) is 0 Å². The van der Waals surface area contributed by atoms with Crippen molar-refractivity contribution in [3.8, 4) is 5.75 Å². The number of ether oxygens (including phenoxy) is 1. The Morgan fingerprint density at radius 3 is 2.48 bits per heavy atom. The van der Waals surface area contributed by atoms with Gasteiger partial charge in [-0.3, -0.25) is 9.40 Å². The summed E-state index contributed by atoms with van der Waals surface area (Å²) in [5, 5.41) is 14.2. The summed E-state index contributed by atoms with van der Waals surface area (Å²) >= 11 is 0. The van der Waals surface area contributed by atoms with Crippen LogP contribution in [0.25, 0.3) is 0 Å². The number of hydrogen-bond acceptors (Lipinski definition) is 5. The Labute approximate surface area is 121 Å². The van der Waals surface area contributed by atoms with E-state index in [1.165, 1.54) is 14.2 Å². The molecule has 0 saturated carbocycles. The third-order valence-electron chi connectivity index (χ3n) is 2.89. The predicted octanol–water partition coefficient (Wildman–Crippen LogP) is 0.942. The van der Waals surface area contributed by atoms with Crippen LogP contribution in [-0.2, 0) is 10.0 Å². The van der Waals surface area contributed by atoms with Crippen molar-refractivity contribution < 1.29 is 23.1 Å². The summed E-state index contributed by atoms with van der Waals surface area (Å²) in [4.78, 5) is 11.0. The monoisotopic (exact) mass is 311 g/mol. The van der Waals surface area contributed by atoms with Gasteiger partial charge in [0.05, 0.1) is 19.0 Å². The zero-order valence-corrected chi connectivity index (χ0v) is 12.1. The number of hydrogen-bond donors (Lipinski definition) is 2. The number of aromatic carboxylic acids is 1. The van der Waals surface area contributed by atoms with E-state index in [1.807, 2.05) is 0 Å². The highest BCUT2D eigenvalue weighted by Crippen LogP contribution is 2.24. The molecule has 9 heteroatoms. The first kappa shape index (κ1) is 14.9. The maximum absolute atomic E-state index is 12.4. The lowest BCUT2D eigenvalue weighted by molar-refractivity contribution is 0.0692. The van der Waals surface area contributed by atoms with Gasteiger partial charge in [-0.15, -0.1) is 0 Å². The average molecular weight is 311 g/mol. The van der Waals surface area contributed by atoms with E-state index in [0.29, 0.717) is 11.4 Å². The van der Waals surface area contributed by atoms with E-state index in [-0.39, 0.29) is 0 Å². The minimum atomic E-state index is -4.05. The van der Waals surface area contributed by atoms with Gasteiger partial charge in [-0.25, -0.2) is 4.79 Å². The second-order valence-corrected chi connectivity index (χ2v) is 5.99. The van der Waals surface area contributed by atoms with Gasteiger partial charge in [0, 0.05) is 7.05 Å². The third kappa shape index (κ3) is 2.68. The van der Waals surface area contributed by atoms with Gasteiger partial charge in [-0.1, -0.05) is 0 Å². The van der Waals surface area contributed by atoms with Crippen molar-refractivity contribution in [2.45, 2.75) is 5.03 Å². The molecule has 0 aliphatic rings. The number of rotatable bonds is 5. The van der Waals surface area contributed by atoms with Crippen LogP contribution in [0.15, 0.2) is 35.5 Å². The van der Waals surface area contributed by atoms with Gasteiger partial charge in [0.1, 0.15) is 11.3 Å². The first-order valence-corrected chi connectivity index (χ1v) is 7.21. The molecule has 0 radical (unpaired) electrons. The van der Waals surface area contributed by atoms with Gasteiger partial charge in [-0.05, 0) is 24.3 Å². The van der Waals surface area contributed by atoms with E-state index >= 15 is 0 Å². The Kier molecular flexibility index (Phi) is 3.85. The molecule has 1 aromatic heterocycles. The van der Waals surface area contributed by atoms with Crippen LogP contribution in [0.3, 0.4) is 0 Å². The van der Waals surface area contributed by atoms with Gasteiger partial charge in [0.25, 0.3) is 10.0 Å². The molecule has 1 heterocycles. The number of aromatic nitrogens is 2. The van der Waals surface area contributed by atoms with Gasteiger partial charge >= 0.3 is 5.97 Å². The molecule has 0 amide bonds. The molecule has 0 aliphatic heterocycles. The largest absolute Gasteiger partial charge is 0.497 e. The predicted molar refractivity (Wildman–Crippen MR) is 74.1 cm³/mol. The number of carbonyl (C=O) groups is 1. The Bertz CT molecular complexity index is 751. The van der Waals surface area contributed by atoms with Crippen molar-refractivity contribution in [3.05, 3.63) is 36.0 Å². The molecule has 0 fully saturated rings. The highest BCUT2D eigenvalue weighted by molar-refractivity contribution is 7.92. The molecular formula is C12H13N3O5S. The van der Waals surface area contributed by atoms with Crippen molar-refractivity contribution >= 4 is 21.7 Å². The van der Waals surface area contributed by atoms with Crippen LogP contribution < -0.4 is 9.04 Å². The lowest BCUT2D eigenvalue weighted by Crippen LogP contribution is -2.28. The second-order valence-electron chi connectivity index (χ2n) is 4.09. The van der Waals surface area contributed by atoms with Crippen LogP contribution in [0.2, 0.25) is 0 Å². The normalized spacial score (nSPS) is 11.1. The van der Waals surface area contributed by atoms with Gasteiger partial charge < -0.3 is 9.84 Å². The summed E-state index contributed by atoms with van der Waals surface area (Å²) in [5.74, 6) is -0.789. The lowest BCUT2D eigenvalue weighted by atomic mass is 10.3. The molecule has 0 unspecified atom stereocenters. The number of nitrogens with zero attached hydrogens (tertiary/aromatic N) is 2. The molecular weight excluding hydrogens is 298 g/mol. The first-order valence-electron chi connectivity index (χ1n) is 5.77. The molecule has 0 aliphatic carbocycles. The van der Waals surface area contributed by atoms with E-state index in [9.17, 15) is 13.2 Å². The van der Waals surface area contributed by atoms with Crippen LogP contribution in [0, 0.1) is 0 Å². The smallest absolute Gasteiger partial charge is 0.340 e. The van der Waals surface area contributed by atoms with Crippen LogP contribution in [0.4, 0.5) is 5.69 Å². The molecule has 0 atom stereocenters. The number of sulfonamides is 1. The molecule has 0 bridgehead atoms. The van der Waals surface area contributed by atoms with Crippen LogP contribution in [-0.4, -0.2) is 43.8 Å². The van der Waals surface area contributed by atoms with E-state index in [2.05, 4.69) is 10.2 Å². The van der Waals surface area contributed by atoms with E-state index < -0.39 is 26.6 Å². The fourth-order valence-electron chi connectivity index (χ4n) is 1.69. The lowest BCUT2D eigenvalue weighted by Gasteiger charge is -2.19. The SMILES string of the molecule is COc1ccc(N(C)S(=O)(=O)c2[nH]ncc2C(=O)O)cc1. The van der Waals surface area contributed by atoms with Crippen molar-refractivity contribution in [1.82, 2.24) is 10.2 Å². The number of nitrogens with one attached hydrogen (secondary N) is 1. The maximum atomic E-state index is 12.4. The molecule has 2 aromatic rings. The third-order valence-corrected chi connectivity index (χ3v) is 4.65. The molecule has 0 saturated heterocycles. The molecule has 21 heavy (non-hydrogen) atoms. The molecule has 1 aromatic carbocycles. The quantitative estimate of drug-likeness (QED) is 0.849. The highest BCUT2D eigenvalue weighted by Gasteiger charge is 2.29. The minimum absolute atomic E-state index is 0.363. The number of methoxy groups -OCH3 is 1. The molecule has 0 spiro atoms. The average Bonchev–Trinajstić information content (AvgIpc) is 2.97. The Morgan fingerprint density at radius 2 is 1.95 bits per heavy atom. The molecule has 8 nitrogen and oxygen atoms in total. The number of anilines is 1. The van der Waals surface area contributed by atoms with Crippen LogP contribution >= 0.6 is 0 Å². The number of H-pyrrole nitrogens is 1. The minimum Gasteiger partial charge on any atom is -0.497 e. The summed E-state index contributed by atoms with van der Waals surface area (Å²) in [6.45, 7) is 0. The zero-order chi connectivity index (χ0) is 15.6. The number of carboxylic acids is 1. The Hall–Kier alpha value is -2.55. The van der Waals surface area contributed by atoms with Gasteiger partial charge in [-0.2, -0.15) is 13.5 Å². The zero-order valence-electron chi connectivity index (χ0n) is 11.3. The number of carboxylic acid groups (broad SMARTS) is 1. The topological polar surface area (TPSA) is 113 Å². The van der Waals surface area contributed by atoms with Gasteiger partial charge in [0.15, 0.2) is 5.03 Å². The summed E-state index contributed by atoms with van der Waals surface area (Å²) in [6.07, 6.45) is 0.955. The van der Waals surface area contributed by atoms with Crippen molar-refractivity contribution in [3.63, 3.8) is 0 Å². The number of aromatic amines is 1. The molecule has 112 valence electrons. The molecule has 2 N–H and O–H groups in total. The van der Waals surface area contributed by atoms with Crippen LogP contribution in [0.1, 0.15) is 10.4 Å². The van der Waals surface area contributed by atoms with E-state index in [0.717, 1.165) is 10.5 Å². The van der Waals surface area contributed by atoms with Crippen molar-refractivity contribution in [2.24, 2.45) is 0 Å². The summed E-state index contributed by atoms with van der Waals surface area (Å²) in [5.41, 5.74) is -0.0444. The van der Waals surface area contributed by atoms with E-state index in [4.69, 9.17) is 9.84 Å². The Balaban J connectivity index is 2.42. The first-order chi connectivity index (χ1) is 9.87. The fourth-order valence-corrected chi connectivity index (χ4v) is 2.95. The fraction of sp³-hybridized carbons (Fsp3) is 0.167. The standard InChI is InChI=1S/C12H13N3O5S/c1-15(8-3-5-9(20-2)6-4-8)21(18,19)11-10(12(16)17)7-13-14-11/h3-7H,1-2H3,(H,13,14)(H,16,17). The second kappa shape index (κ2) is 5.44. The summed E-state index contributed by atoms with van der Waals surface area (Å²) in [7, 11) is -1.23.